The van der Waals surface area contributed by atoms with Gasteiger partial charge in [0.25, 0.3) is 0 Å². The van der Waals surface area contributed by atoms with E-state index < -0.39 is 12.1 Å². The van der Waals surface area contributed by atoms with Gasteiger partial charge < -0.3 is 9.47 Å². The van der Waals surface area contributed by atoms with Crippen LogP contribution in [0.15, 0.2) is 47.8 Å². The molecule has 1 heterocycles. The van der Waals surface area contributed by atoms with E-state index >= 15 is 0 Å². The maximum atomic E-state index is 11.8. The fraction of sp³-hybridized carbons (Fsp3) is 0.357. The molecule has 1 unspecified atom stereocenters. The molecule has 1 aliphatic rings. The molecule has 6 nitrogen and oxygen atoms in total. The molecule has 0 spiro atoms. The molecule has 0 saturated heterocycles. The van der Waals surface area contributed by atoms with Gasteiger partial charge in [-0.05, 0) is 29.7 Å². The van der Waals surface area contributed by atoms with Crippen molar-refractivity contribution in [2.45, 2.75) is 19.1 Å². The summed E-state index contributed by atoms with van der Waals surface area (Å²) in [6.07, 6.45) is 2.91. The van der Waals surface area contributed by atoms with E-state index in [0.29, 0.717) is 5.56 Å². The minimum atomic E-state index is -0.460. The topological polar surface area (TPSA) is 84.3 Å². The first-order valence-electron chi connectivity index (χ1n) is 6.31. The molecule has 20 heavy (non-hydrogen) atoms. The number of rotatable bonds is 4. The molecule has 3 atom stereocenters. The summed E-state index contributed by atoms with van der Waals surface area (Å²) in [5, 5.41) is 3.71. The van der Waals surface area contributed by atoms with Crippen LogP contribution in [0.5, 0.6) is 0 Å². The lowest BCUT2D eigenvalue weighted by Gasteiger charge is -2.29. The first-order valence-corrected chi connectivity index (χ1v) is 6.31. The molecule has 6 heteroatoms. The Labute approximate surface area is 116 Å². The molecule has 0 aliphatic carbocycles. The third-order valence-corrected chi connectivity index (χ3v) is 3.13. The molecule has 104 valence electrons. The lowest BCUT2D eigenvalue weighted by atomic mass is 9.96. The number of ether oxygens (including phenoxy) is 2. The van der Waals surface area contributed by atoms with Gasteiger partial charge in [0.05, 0.1) is 17.9 Å². The summed E-state index contributed by atoms with van der Waals surface area (Å²) < 4.78 is 10.6. The van der Waals surface area contributed by atoms with Crippen LogP contribution >= 0.6 is 0 Å². The van der Waals surface area contributed by atoms with E-state index in [-0.39, 0.29) is 18.6 Å². The molecule has 0 N–H and O–H groups in total. The Bertz CT molecular complexity index is 538. The van der Waals surface area contributed by atoms with Crippen molar-refractivity contribution < 1.29 is 14.3 Å². The van der Waals surface area contributed by atoms with Crippen molar-refractivity contribution in [3.05, 3.63) is 58.7 Å². The summed E-state index contributed by atoms with van der Waals surface area (Å²) in [6.45, 7) is 1.97. The molecule has 0 amide bonds. The Morgan fingerprint density at radius 1 is 1.45 bits per heavy atom. The molecule has 0 saturated carbocycles. The quantitative estimate of drug-likeness (QED) is 0.365. The Kier molecular flexibility index (Phi) is 4.63. The van der Waals surface area contributed by atoms with Gasteiger partial charge in [0.15, 0.2) is 0 Å². The van der Waals surface area contributed by atoms with Crippen LogP contribution < -0.4 is 0 Å². The number of carbonyl (C=O) groups is 1. The Morgan fingerprint density at radius 3 is 2.90 bits per heavy atom. The number of azide groups is 1. The van der Waals surface area contributed by atoms with Crippen LogP contribution in [0.3, 0.4) is 0 Å². The van der Waals surface area contributed by atoms with E-state index in [2.05, 4.69) is 10.0 Å². The minimum Gasteiger partial charge on any atom is -0.494 e. The summed E-state index contributed by atoms with van der Waals surface area (Å²) in [6, 6.07) is 8.33. The largest absolute Gasteiger partial charge is 0.494 e. The summed E-state index contributed by atoms with van der Waals surface area (Å²) in [5.41, 5.74) is 9.06. The highest BCUT2D eigenvalue weighted by Gasteiger charge is 2.30. The lowest BCUT2D eigenvalue weighted by molar-refractivity contribution is 0.00470. The Morgan fingerprint density at radius 2 is 2.20 bits per heavy atom. The monoisotopic (exact) mass is 273 g/mol. The highest BCUT2D eigenvalue weighted by atomic mass is 16.6. The van der Waals surface area contributed by atoms with Crippen molar-refractivity contribution in [2.75, 3.05) is 6.61 Å². The van der Waals surface area contributed by atoms with E-state index in [0.717, 1.165) is 0 Å². The highest BCUT2D eigenvalue weighted by Crippen LogP contribution is 2.22. The van der Waals surface area contributed by atoms with Crippen LogP contribution in [0.4, 0.5) is 0 Å². The van der Waals surface area contributed by atoms with E-state index in [1.165, 1.54) is 0 Å². The van der Waals surface area contributed by atoms with Crippen molar-refractivity contribution in [3.63, 3.8) is 0 Å². The van der Waals surface area contributed by atoms with Crippen LogP contribution in [-0.4, -0.2) is 24.7 Å². The zero-order valence-electron chi connectivity index (χ0n) is 11.0. The minimum absolute atomic E-state index is 0.0417. The van der Waals surface area contributed by atoms with Gasteiger partial charge in [-0.3, -0.25) is 0 Å². The van der Waals surface area contributed by atoms with Crippen molar-refractivity contribution >= 4 is 5.97 Å². The van der Waals surface area contributed by atoms with Gasteiger partial charge in [0.1, 0.15) is 12.7 Å². The van der Waals surface area contributed by atoms with E-state index in [1.807, 2.05) is 19.1 Å². The normalized spacial score (nSPS) is 24.4. The predicted molar refractivity (Wildman–Crippen MR) is 72.8 cm³/mol. The van der Waals surface area contributed by atoms with Gasteiger partial charge in [-0.1, -0.05) is 30.2 Å². The third kappa shape index (κ3) is 3.30. The molecule has 2 rings (SSSR count). The van der Waals surface area contributed by atoms with Crippen molar-refractivity contribution in [1.82, 2.24) is 0 Å². The van der Waals surface area contributed by atoms with Crippen molar-refractivity contribution in [2.24, 2.45) is 11.0 Å². The second-order valence-corrected chi connectivity index (χ2v) is 4.52. The average molecular weight is 273 g/mol. The van der Waals surface area contributed by atoms with E-state index in [1.54, 1.807) is 30.5 Å². The van der Waals surface area contributed by atoms with E-state index in [9.17, 15) is 4.79 Å². The molecule has 1 aliphatic heterocycles. The fourth-order valence-electron chi connectivity index (χ4n) is 2.00. The van der Waals surface area contributed by atoms with Gasteiger partial charge in [-0.25, -0.2) is 4.79 Å². The second kappa shape index (κ2) is 6.63. The summed E-state index contributed by atoms with van der Waals surface area (Å²) in [4.78, 5) is 14.7. The standard InChI is InChI=1S/C14H15N3O3/c1-10-7-8-19-12(13(10)16-17-15)9-20-14(18)11-5-3-2-4-6-11/h2-8,10,12-13H,9H2,1H3/t10?,12-,13-/m1/s1. The van der Waals surface area contributed by atoms with Gasteiger partial charge in [-0.15, -0.1) is 0 Å². The molecule has 0 bridgehead atoms. The summed E-state index contributed by atoms with van der Waals surface area (Å²) in [7, 11) is 0. The molecule has 1 aromatic carbocycles. The second-order valence-electron chi connectivity index (χ2n) is 4.52. The Balaban J connectivity index is 1.97. The number of hydrogen-bond donors (Lipinski definition) is 0. The van der Waals surface area contributed by atoms with Crippen LogP contribution in [-0.2, 0) is 9.47 Å². The first-order chi connectivity index (χ1) is 9.72. The predicted octanol–water partition coefficient (Wildman–Crippen LogP) is 3.07. The van der Waals surface area contributed by atoms with Gasteiger partial charge >= 0.3 is 5.97 Å². The van der Waals surface area contributed by atoms with Crippen LogP contribution in [0.25, 0.3) is 10.4 Å². The lowest BCUT2D eigenvalue weighted by Crippen LogP contribution is -2.37. The number of nitrogens with zero attached hydrogens (tertiary/aromatic N) is 3. The van der Waals surface area contributed by atoms with Crippen molar-refractivity contribution in [1.29, 1.82) is 0 Å². The Hall–Kier alpha value is -2.46. The number of carbonyl (C=O) groups excluding carboxylic acids is 1. The van der Waals surface area contributed by atoms with Gasteiger partial charge in [-0.2, -0.15) is 0 Å². The highest BCUT2D eigenvalue weighted by molar-refractivity contribution is 5.89. The SMILES string of the molecule is CC1C=CO[C@H](COC(=O)c2ccccc2)[C@@H]1N=[N+]=[N-]. The molecule has 1 aromatic rings. The van der Waals surface area contributed by atoms with Gasteiger partial charge in [0.2, 0.25) is 0 Å². The third-order valence-electron chi connectivity index (χ3n) is 3.13. The number of esters is 1. The van der Waals surface area contributed by atoms with Crippen LogP contribution in [0.1, 0.15) is 17.3 Å². The van der Waals surface area contributed by atoms with Gasteiger partial charge in [0, 0.05) is 4.91 Å². The first kappa shape index (κ1) is 14.0. The summed E-state index contributed by atoms with van der Waals surface area (Å²) in [5.74, 6) is -0.379. The molecular weight excluding hydrogens is 258 g/mol. The average Bonchev–Trinajstić information content (AvgIpc) is 2.48. The van der Waals surface area contributed by atoms with Crippen molar-refractivity contribution in [3.8, 4) is 0 Å². The fourth-order valence-corrected chi connectivity index (χ4v) is 2.00. The van der Waals surface area contributed by atoms with E-state index in [4.69, 9.17) is 15.0 Å². The zero-order valence-corrected chi connectivity index (χ0v) is 11.0. The molecule has 0 aromatic heterocycles. The van der Waals surface area contributed by atoms with Crippen LogP contribution in [0.2, 0.25) is 0 Å². The zero-order chi connectivity index (χ0) is 14.4. The maximum absolute atomic E-state index is 11.8. The smallest absolute Gasteiger partial charge is 0.338 e. The number of benzene rings is 1. The molecule has 0 fully saturated rings. The maximum Gasteiger partial charge on any atom is 0.338 e. The summed E-state index contributed by atoms with van der Waals surface area (Å²) >= 11 is 0. The molecule has 0 radical (unpaired) electrons. The van der Waals surface area contributed by atoms with Crippen LogP contribution in [0, 0.1) is 5.92 Å². The molecular formula is C14H15N3O3. The number of hydrogen-bond acceptors (Lipinski definition) is 4.